The second-order valence-corrected chi connectivity index (χ2v) is 4.90. The van der Waals surface area contributed by atoms with Crippen LogP contribution in [0, 0.1) is 5.82 Å². The molecule has 0 aliphatic rings. The Labute approximate surface area is 134 Å². The van der Waals surface area contributed by atoms with Crippen molar-refractivity contribution in [3.8, 4) is 0 Å². The van der Waals surface area contributed by atoms with E-state index in [-0.39, 0.29) is 12.1 Å². The van der Waals surface area contributed by atoms with Crippen molar-refractivity contribution < 1.29 is 18.4 Å². The standard InChI is InChI=1S/C16H12FN3O4/c17-11-6-2-1-5-10(11)15(22)19-18-14(21)9-20-12-7-3-4-8-13(12)24-16(20)23/h1-8H,9H2,(H,18,21)(H,19,22). The molecule has 0 aliphatic heterocycles. The first kappa shape index (κ1) is 15.5. The van der Waals surface area contributed by atoms with Gasteiger partial charge in [0.1, 0.15) is 12.4 Å². The lowest BCUT2D eigenvalue weighted by Gasteiger charge is -2.08. The highest BCUT2D eigenvalue weighted by atomic mass is 19.1. The molecule has 2 aromatic carbocycles. The molecule has 2 N–H and O–H groups in total. The molecule has 8 heteroatoms. The van der Waals surface area contributed by atoms with Crippen molar-refractivity contribution in [3.63, 3.8) is 0 Å². The van der Waals surface area contributed by atoms with E-state index in [9.17, 15) is 18.8 Å². The van der Waals surface area contributed by atoms with Crippen molar-refractivity contribution in [2.24, 2.45) is 0 Å². The van der Waals surface area contributed by atoms with Crippen LogP contribution in [0.2, 0.25) is 0 Å². The van der Waals surface area contributed by atoms with Crippen LogP contribution in [0.1, 0.15) is 10.4 Å². The lowest BCUT2D eigenvalue weighted by Crippen LogP contribution is -2.44. The molecule has 0 bridgehead atoms. The van der Waals surface area contributed by atoms with Gasteiger partial charge >= 0.3 is 5.76 Å². The van der Waals surface area contributed by atoms with Crippen molar-refractivity contribution in [2.75, 3.05) is 0 Å². The molecule has 0 saturated carbocycles. The number of carbonyl (C=O) groups is 2. The molecule has 0 unspecified atom stereocenters. The quantitative estimate of drug-likeness (QED) is 0.706. The lowest BCUT2D eigenvalue weighted by molar-refractivity contribution is -0.122. The first-order valence-corrected chi connectivity index (χ1v) is 6.98. The number of carbonyl (C=O) groups excluding carboxylic acids is 2. The number of amides is 2. The first-order chi connectivity index (χ1) is 11.6. The Bertz CT molecular complexity index is 977. The summed E-state index contributed by atoms with van der Waals surface area (Å²) in [6.07, 6.45) is 0. The van der Waals surface area contributed by atoms with E-state index in [0.717, 1.165) is 10.6 Å². The minimum atomic E-state index is -0.800. The Kier molecular flexibility index (Phi) is 4.11. The van der Waals surface area contributed by atoms with Gasteiger partial charge in [0.2, 0.25) is 0 Å². The average Bonchev–Trinajstić information content (AvgIpc) is 2.89. The van der Waals surface area contributed by atoms with Gasteiger partial charge in [-0.1, -0.05) is 24.3 Å². The van der Waals surface area contributed by atoms with Crippen LogP contribution in [0.3, 0.4) is 0 Å². The monoisotopic (exact) mass is 329 g/mol. The van der Waals surface area contributed by atoms with Crippen LogP contribution in [0.4, 0.5) is 4.39 Å². The van der Waals surface area contributed by atoms with E-state index in [4.69, 9.17) is 4.42 Å². The fourth-order valence-corrected chi connectivity index (χ4v) is 2.19. The smallest absolute Gasteiger partial charge is 0.408 e. The van der Waals surface area contributed by atoms with E-state index in [2.05, 4.69) is 10.9 Å². The number of nitrogens with one attached hydrogen (secondary N) is 2. The van der Waals surface area contributed by atoms with Crippen molar-refractivity contribution in [2.45, 2.75) is 6.54 Å². The fourth-order valence-electron chi connectivity index (χ4n) is 2.19. The Morgan fingerprint density at radius 2 is 1.75 bits per heavy atom. The summed E-state index contributed by atoms with van der Waals surface area (Å²) in [6, 6.07) is 12.0. The summed E-state index contributed by atoms with van der Waals surface area (Å²) in [6.45, 7) is -0.354. The highest BCUT2D eigenvalue weighted by molar-refractivity contribution is 5.95. The van der Waals surface area contributed by atoms with Gasteiger partial charge in [-0.3, -0.25) is 25.0 Å². The number of oxazole rings is 1. The summed E-state index contributed by atoms with van der Waals surface area (Å²) in [5.74, 6) is -2.85. The van der Waals surface area contributed by atoms with Crippen LogP contribution in [0.25, 0.3) is 11.1 Å². The number of hydrogen-bond acceptors (Lipinski definition) is 4. The number of benzene rings is 2. The van der Waals surface area contributed by atoms with Crippen LogP contribution in [0.15, 0.2) is 57.7 Å². The Hall–Kier alpha value is -3.42. The molecule has 2 amide bonds. The van der Waals surface area contributed by atoms with E-state index in [1.165, 1.54) is 18.2 Å². The topological polar surface area (TPSA) is 93.3 Å². The largest absolute Gasteiger partial charge is 0.420 e. The zero-order chi connectivity index (χ0) is 17.1. The van der Waals surface area contributed by atoms with Crippen molar-refractivity contribution in [1.29, 1.82) is 0 Å². The van der Waals surface area contributed by atoms with Gasteiger partial charge in [-0.15, -0.1) is 0 Å². The molecule has 122 valence electrons. The van der Waals surface area contributed by atoms with Gasteiger partial charge in [0.05, 0.1) is 11.1 Å². The molecule has 7 nitrogen and oxygen atoms in total. The number of fused-ring (bicyclic) bond motifs is 1. The number of aromatic nitrogens is 1. The SMILES string of the molecule is O=C(Cn1c(=O)oc2ccccc21)NNC(=O)c1ccccc1F. The van der Waals surface area contributed by atoms with E-state index >= 15 is 0 Å². The predicted octanol–water partition coefficient (Wildman–Crippen LogP) is 1.19. The van der Waals surface area contributed by atoms with Gasteiger partial charge in [-0.05, 0) is 24.3 Å². The van der Waals surface area contributed by atoms with Crippen LogP contribution in [0.5, 0.6) is 0 Å². The lowest BCUT2D eigenvalue weighted by atomic mass is 10.2. The second-order valence-electron chi connectivity index (χ2n) is 4.90. The normalized spacial score (nSPS) is 10.5. The predicted molar refractivity (Wildman–Crippen MR) is 82.5 cm³/mol. The van der Waals surface area contributed by atoms with Crippen LogP contribution < -0.4 is 16.6 Å². The van der Waals surface area contributed by atoms with Gasteiger partial charge in [0.25, 0.3) is 11.8 Å². The van der Waals surface area contributed by atoms with E-state index in [1.54, 1.807) is 24.3 Å². The minimum Gasteiger partial charge on any atom is -0.408 e. The van der Waals surface area contributed by atoms with Gasteiger partial charge in [-0.2, -0.15) is 0 Å². The number of hydrazine groups is 1. The third-order valence-electron chi connectivity index (χ3n) is 3.31. The molecule has 24 heavy (non-hydrogen) atoms. The molecule has 0 saturated heterocycles. The van der Waals surface area contributed by atoms with E-state index in [0.29, 0.717) is 11.1 Å². The highest BCUT2D eigenvalue weighted by Gasteiger charge is 2.14. The van der Waals surface area contributed by atoms with Crippen LogP contribution >= 0.6 is 0 Å². The zero-order valence-corrected chi connectivity index (χ0v) is 12.3. The number of nitrogens with zero attached hydrogens (tertiary/aromatic N) is 1. The van der Waals surface area contributed by atoms with E-state index < -0.39 is 23.4 Å². The summed E-state index contributed by atoms with van der Waals surface area (Å²) in [5.41, 5.74) is 4.83. The van der Waals surface area contributed by atoms with Crippen molar-refractivity contribution in [3.05, 3.63) is 70.5 Å². The van der Waals surface area contributed by atoms with Crippen LogP contribution in [-0.2, 0) is 11.3 Å². The maximum Gasteiger partial charge on any atom is 0.420 e. The third-order valence-corrected chi connectivity index (χ3v) is 3.31. The molecule has 0 radical (unpaired) electrons. The molecule has 3 rings (SSSR count). The minimum absolute atomic E-state index is 0.205. The van der Waals surface area contributed by atoms with Crippen LogP contribution in [-0.4, -0.2) is 16.4 Å². The Balaban J connectivity index is 1.68. The van der Waals surface area contributed by atoms with Gasteiger partial charge in [0, 0.05) is 0 Å². The van der Waals surface area contributed by atoms with Crippen molar-refractivity contribution >= 4 is 22.9 Å². The second kappa shape index (κ2) is 6.37. The maximum atomic E-state index is 13.5. The highest BCUT2D eigenvalue weighted by Crippen LogP contribution is 2.11. The van der Waals surface area contributed by atoms with Gasteiger partial charge in [-0.25, -0.2) is 9.18 Å². The van der Waals surface area contributed by atoms with Crippen molar-refractivity contribution in [1.82, 2.24) is 15.4 Å². The molecule has 0 aliphatic carbocycles. The fraction of sp³-hybridized carbons (Fsp3) is 0.0625. The molecule has 1 heterocycles. The summed E-state index contributed by atoms with van der Waals surface area (Å²) in [5, 5.41) is 0. The summed E-state index contributed by atoms with van der Waals surface area (Å²) >= 11 is 0. The summed E-state index contributed by atoms with van der Waals surface area (Å²) < 4.78 is 19.6. The number of hydrogen-bond donors (Lipinski definition) is 2. The molecule has 1 aromatic heterocycles. The third kappa shape index (κ3) is 3.02. The molecule has 0 fully saturated rings. The molecule has 0 spiro atoms. The number of para-hydroxylation sites is 2. The average molecular weight is 329 g/mol. The van der Waals surface area contributed by atoms with Gasteiger partial charge in [0.15, 0.2) is 5.58 Å². The number of rotatable bonds is 3. The van der Waals surface area contributed by atoms with E-state index in [1.807, 2.05) is 0 Å². The Morgan fingerprint density at radius 1 is 1.04 bits per heavy atom. The summed E-state index contributed by atoms with van der Waals surface area (Å²) in [4.78, 5) is 35.5. The Morgan fingerprint density at radius 3 is 2.54 bits per heavy atom. The number of halogens is 1. The summed E-state index contributed by atoms with van der Waals surface area (Å²) in [7, 11) is 0. The van der Waals surface area contributed by atoms with Gasteiger partial charge < -0.3 is 4.42 Å². The molecule has 3 aromatic rings. The maximum absolute atomic E-state index is 13.5. The first-order valence-electron chi connectivity index (χ1n) is 6.98. The zero-order valence-electron chi connectivity index (χ0n) is 12.3. The molecular formula is C16H12FN3O4. The molecule has 0 atom stereocenters. The molecular weight excluding hydrogens is 317 g/mol.